The first kappa shape index (κ1) is 23.3. The molecule has 0 aromatic heterocycles. The molecule has 0 aliphatic carbocycles. The van der Waals surface area contributed by atoms with Gasteiger partial charge in [-0.1, -0.05) is 75.7 Å². The zero-order chi connectivity index (χ0) is 23.3. The lowest BCUT2D eigenvalue weighted by atomic mass is 9.83. The predicted molar refractivity (Wildman–Crippen MR) is 128 cm³/mol. The van der Waals surface area contributed by atoms with E-state index in [2.05, 4.69) is 26.8 Å². The zero-order valence-electron chi connectivity index (χ0n) is 18.9. The van der Waals surface area contributed by atoms with Gasteiger partial charge in [-0.25, -0.2) is 9.59 Å². The number of unbranched alkanes of at least 4 members (excludes halogenated alkanes) is 1. The molecule has 0 aliphatic heterocycles. The minimum atomic E-state index is -0.998. The Morgan fingerprint density at radius 2 is 1.38 bits per heavy atom. The predicted octanol–water partition coefficient (Wildman–Crippen LogP) is 6.96. The lowest BCUT2D eigenvalue weighted by Gasteiger charge is -2.21. The third-order valence-electron chi connectivity index (χ3n) is 5.60. The molecule has 0 atom stereocenters. The highest BCUT2D eigenvalue weighted by atomic mass is 16.4. The Labute approximate surface area is 189 Å². The minimum Gasteiger partial charge on any atom is -0.478 e. The molecule has 0 saturated carbocycles. The van der Waals surface area contributed by atoms with Gasteiger partial charge in [-0.15, -0.1) is 0 Å². The Balaban J connectivity index is 2.43. The number of aromatic carboxylic acids is 2. The number of rotatable bonds is 9. The number of carbonyl (C=O) groups is 2. The lowest BCUT2D eigenvalue weighted by Crippen LogP contribution is -2.06. The van der Waals surface area contributed by atoms with E-state index in [9.17, 15) is 19.8 Å². The summed E-state index contributed by atoms with van der Waals surface area (Å²) in [5.41, 5.74) is 5.46. The molecule has 3 rings (SSSR count). The molecular formula is C28H30O4. The summed E-state index contributed by atoms with van der Waals surface area (Å²) in [6.45, 7) is 6.44. The molecular weight excluding hydrogens is 400 g/mol. The summed E-state index contributed by atoms with van der Waals surface area (Å²) in [6.07, 6.45) is 3.64. The maximum Gasteiger partial charge on any atom is 0.336 e. The van der Waals surface area contributed by atoms with Crippen molar-refractivity contribution in [3.8, 4) is 22.3 Å². The highest BCUT2D eigenvalue weighted by Gasteiger charge is 2.22. The molecule has 0 amide bonds. The van der Waals surface area contributed by atoms with Gasteiger partial charge in [0.05, 0.1) is 11.1 Å². The first-order valence-electron chi connectivity index (χ1n) is 11.1. The average molecular weight is 431 g/mol. The van der Waals surface area contributed by atoms with E-state index in [0.717, 1.165) is 47.9 Å². The minimum absolute atomic E-state index is 0.213. The van der Waals surface area contributed by atoms with E-state index < -0.39 is 11.9 Å². The summed E-state index contributed by atoms with van der Waals surface area (Å²) in [7, 11) is 0. The fourth-order valence-electron chi connectivity index (χ4n) is 4.24. The maximum absolute atomic E-state index is 12.1. The monoisotopic (exact) mass is 430 g/mol. The van der Waals surface area contributed by atoms with E-state index >= 15 is 0 Å². The van der Waals surface area contributed by atoms with Crippen LogP contribution in [0.3, 0.4) is 0 Å². The van der Waals surface area contributed by atoms with Gasteiger partial charge in [0.15, 0.2) is 0 Å². The van der Waals surface area contributed by atoms with Gasteiger partial charge in [-0.2, -0.15) is 0 Å². The summed E-state index contributed by atoms with van der Waals surface area (Å²) in [5.74, 6) is -1.55. The molecule has 0 spiro atoms. The van der Waals surface area contributed by atoms with Crippen LogP contribution in [0.4, 0.5) is 0 Å². The number of hydrogen-bond acceptors (Lipinski definition) is 2. The topological polar surface area (TPSA) is 74.6 Å². The van der Waals surface area contributed by atoms with Crippen molar-refractivity contribution in [2.45, 2.75) is 46.5 Å². The number of benzene rings is 3. The number of aryl methyl sites for hydroxylation is 1. The summed E-state index contributed by atoms with van der Waals surface area (Å²) < 4.78 is 0. The summed E-state index contributed by atoms with van der Waals surface area (Å²) in [6, 6.07) is 18.2. The molecule has 3 aromatic carbocycles. The quantitative estimate of drug-likeness (QED) is 0.385. The number of carboxylic acid groups (broad SMARTS) is 2. The third kappa shape index (κ3) is 5.08. The van der Waals surface area contributed by atoms with Gasteiger partial charge < -0.3 is 10.2 Å². The van der Waals surface area contributed by atoms with E-state index in [1.807, 2.05) is 30.3 Å². The molecule has 0 unspecified atom stereocenters. The third-order valence-corrected chi connectivity index (χ3v) is 5.60. The smallest absolute Gasteiger partial charge is 0.336 e. The van der Waals surface area contributed by atoms with Crippen LogP contribution in [-0.2, 0) is 12.8 Å². The van der Waals surface area contributed by atoms with Crippen LogP contribution in [0.2, 0.25) is 0 Å². The molecule has 4 nitrogen and oxygen atoms in total. The highest BCUT2D eigenvalue weighted by molar-refractivity contribution is 6.03. The zero-order valence-corrected chi connectivity index (χ0v) is 18.9. The largest absolute Gasteiger partial charge is 0.478 e. The molecule has 0 heterocycles. The van der Waals surface area contributed by atoms with Crippen LogP contribution in [0.25, 0.3) is 22.3 Å². The van der Waals surface area contributed by atoms with E-state index in [-0.39, 0.29) is 11.1 Å². The van der Waals surface area contributed by atoms with Gasteiger partial charge in [0.2, 0.25) is 0 Å². The number of hydrogen-bond donors (Lipinski definition) is 2. The van der Waals surface area contributed by atoms with Crippen molar-refractivity contribution < 1.29 is 19.8 Å². The van der Waals surface area contributed by atoms with Gasteiger partial charge in [0, 0.05) is 0 Å². The molecule has 2 N–H and O–H groups in total. The van der Waals surface area contributed by atoms with Crippen LogP contribution in [0.1, 0.15) is 65.5 Å². The van der Waals surface area contributed by atoms with Crippen LogP contribution in [0.15, 0.2) is 60.7 Å². The van der Waals surface area contributed by atoms with E-state index in [1.165, 1.54) is 0 Å². The van der Waals surface area contributed by atoms with Crippen molar-refractivity contribution in [1.82, 2.24) is 0 Å². The first-order chi connectivity index (χ1) is 15.3. The maximum atomic E-state index is 12.1. The fourth-order valence-corrected chi connectivity index (χ4v) is 4.24. The van der Waals surface area contributed by atoms with E-state index in [1.54, 1.807) is 24.3 Å². The standard InChI is InChI=1S/C28H30O4/c1-4-5-10-20-16-19(15-18(2)3)17-25(21-11-6-8-13-23(21)27(29)30)26(20)22-12-7-9-14-24(22)28(31)32/h6-9,11-14,16-18H,4-5,10,15H2,1-3H3,(H,29,30)(H,31,32). The highest BCUT2D eigenvalue weighted by Crippen LogP contribution is 2.40. The van der Waals surface area contributed by atoms with Gasteiger partial charge in [0.1, 0.15) is 0 Å². The molecule has 32 heavy (non-hydrogen) atoms. The van der Waals surface area contributed by atoms with Crippen molar-refractivity contribution in [2.75, 3.05) is 0 Å². The van der Waals surface area contributed by atoms with E-state index in [0.29, 0.717) is 17.0 Å². The van der Waals surface area contributed by atoms with Crippen LogP contribution >= 0.6 is 0 Å². The van der Waals surface area contributed by atoms with Gasteiger partial charge in [-0.3, -0.25) is 0 Å². The molecule has 0 radical (unpaired) electrons. The Kier molecular flexibility index (Phi) is 7.47. The van der Waals surface area contributed by atoms with E-state index in [4.69, 9.17) is 0 Å². The van der Waals surface area contributed by atoms with Crippen LogP contribution in [0, 0.1) is 5.92 Å². The van der Waals surface area contributed by atoms with Crippen molar-refractivity contribution in [3.05, 3.63) is 82.9 Å². The van der Waals surface area contributed by atoms with Crippen LogP contribution in [0.5, 0.6) is 0 Å². The molecule has 0 bridgehead atoms. The summed E-state index contributed by atoms with van der Waals surface area (Å²) in [5, 5.41) is 19.7. The number of carboxylic acids is 2. The second-order valence-corrected chi connectivity index (χ2v) is 8.58. The van der Waals surface area contributed by atoms with Crippen molar-refractivity contribution in [3.63, 3.8) is 0 Å². The SMILES string of the molecule is CCCCc1cc(CC(C)C)cc(-c2ccccc2C(=O)O)c1-c1ccccc1C(=O)O. The Hall–Kier alpha value is -3.40. The van der Waals surface area contributed by atoms with Crippen molar-refractivity contribution >= 4 is 11.9 Å². The fraction of sp³-hybridized carbons (Fsp3) is 0.286. The molecule has 3 aromatic rings. The van der Waals surface area contributed by atoms with Crippen molar-refractivity contribution in [1.29, 1.82) is 0 Å². The Morgan fingerprint density at radius 1 is 0.812 bits per heavy atom. The summed E-state index contributed by atoms with van der Waals surface area (Å²) in [4.78, 5) is 24.1. The van der Waals surface area contributed by atoms with Gasteiger partial charge in [-0.05, 0) is 70.7 Å². The Morgan fingerprint density at radius 3 is 1.94 bits per heavy atom. The van der Waals surface area contributed by atoms with Crippen LogP contribution < -0.4 is 0 Å². The average Bonchev–Trinajstić information content (AvgIpc) is 2.76. The van der Waals surface area contributed by atoms with Gasteiger partial charge in [0.25, 0.3) is 0 Å². The second kappa shape index (κ2) is 10.3. The van der Waals surface area contributed by atoms with Gasteiger partial charge >= 0.3 is 11.9 Å². The molecule has 0 aliphatic rings. The molecule has 0 fully saturated rings. The molecule has 166 valence electrons. The van der Waals surface area contributed by atoms with Crippen LogP contribution in [-0.4, -0.2) is 22.2 Å². The Bertz CT molecular complexity index is 1130. The normalized spacial score (nSPS) is 11.0. The van der Waals surface area contributed by atoms with Crippen molar-refractivity contribution in [2.24, 2.45) is 5.92 Å². The second-order valence-electron chi connectivity index (χ2n) is 8.58. The molecule has 0 saturated heterocycles. The molecule has 4 heteroatoms. The lowest BCUT2D eigenvalue weighted by molar-refractivity contribution is 0.0686. The summed E-state index contributed by atoms with van der Waals surface area (Å²) >= 11 is 0. The first-order valence-corrected chi connectivity index (χ1v) is 11.1.